The second-order valence-electron chi connectivity index (χ2n) is 7.56. The molecule has 0 amide bonds. The Morgan fingerprint density at radius 3 is 2.52 bits per heavy atom. The largest absolute Gasteiger partial charge is 0.495 e. The van der Waals surface area contributed by atoms with Crippen molar-refractivity contribution in [1.82, 2.24) is 0 Å². The zero-order valence-electron chi connectivity index (χ0n) is 15.4. The maximum atomic E-state index is 14.4. The summed E-state index contributed by atoms with van der Waals surface area (Å²) < 4.78 is 33.4. The molecule has 1 aromatic carbocycles. The highest BCUT2D eigenvalue weighted by molar-refractivity contribution is 6.14. The molecular weight excluding hydrogens is 352 g/mol. The molecule has 1 saturated carbocycles. The normalized spacial score (nSPS) is 26.5. The first-order chi connectivity index (χ1) is 13.0. The summed E-state index contributed by atoms with van der Waals surface area (Å²) in [6, 6.07) is 3.66. The lowest BCUT2D eigenvalue weighted by Crippen LogP contribution is -2.34. The fraction of sp³-hybridized carbons (Fsp3) is 0.524. The van der Waals surface area contributed by atoms with E-state index in [0.29, 0.717) is 67.7 Å². The van der Waals surface area contributed by atoms with Crippen molar-refractivity contribution in [3.05, 3.63) is 34.4 Å². The number of hydrogen-bond acceptors (Lipinski definition) is 4. The van der Waals surface area contributed by atoms with Crippen LogP contribution >= 0.6 is 0 Å². The van der Waals surface area contributed by atoms with Gasteiger partial charge in [-0.15, -0.1) is 0 Å². The van der Waals surface area contributed by atoms with E-state index >= 15 is 0 Å². The van der Waals surface area contributed by atoms with Gasteiger partial charge in [-0.1, -0.05) is 0 Å². The highest BCUT2D eigenvalue weighted by Crippen LogP contribution is 2.41. The SMILES string of the molecule is COc1cc2c(cc1N1CCC(F)CC1)C/C(=C1/CCC(=O)CC1F)C2=O. The van der Waals surface area contributed by atoms with Crippen molar-refractivity contribution in [1.29, 1.82) is 0 Å². The number of piperidine rings is 1. The van der Waals surface area contributed by atoms with Crippen LogP contribution in [-0.4, -0.2) is 44.1 Å². The minimum atomic E-state index is -1.36. The van der Waals surface area contributed by atoms with E-state index in [1.807, 2.05) is 6.07 Å². The number of benzene rings is 1. The number of alkyl halides is 2. The molecule has 1 saturated heterocycles. The smallest absolute Gasteiger partial charge is 0.189 e. The Bertz CT molecular complexity index is 825. The van der Waals surface area contributed by atoms with E-state index in [2.05, 4.69) is 4.90 Å². The first kappa shape index (κ1) is 18.1. The van der Waals surface area contributed by atoms with Crippen LogP contribution < -0.4 is 9.64 Å². The zero-order valence-corrected chi connectivity index (χ0v) is 15.4. The summed E-state index contributed by atoms with van der Waals surface area (Å²) in [5.41, 5.74) is 3.23. The molecule has 1 heterocycles. The number of methoxy groups -OCH3 is 1. The third-order valence-electron chi connectivity index (χ3n) is 5.90. The van der Waals surface area contributed by atoms with Gasteiger partial charge in [-0.3, -0.25) is 9.59 Å². The maximum Gasteiger partial charge on any atom is 0.189 e. The number of hydrogen-bond donors (Lipinski definition) is 0. The Morgan fingerprint density at radius 1 is 1.11 bits per heavy atom. The van der Waals surface area contributed by atoms with Gasteiger partial charge in [0.1, 0.15) is 23.9 Å². The molecule has 0 bridgehead atoms. The van der Waals surface area contributed by atoms with Crippen molar-refractivity contribution >= 4 is 17.3 Å². The summed E-state index contributed by atoms with van der Waals surface area (Å²) in [5.74, 6) is 0.334. The second kappa shape index (κ2) is 7.06. The topological polar surface area (TPSA) is 46.6 Å². The number of Topliss-reactive ketones (excluding diaryl/α,β-unsaturated/α-hetero) is 2. The molecular formula is C21H23F2NO3. The first-order valence-electron chi connectivity index (χ1n) is 9.50. The van der Waals surface area contributed by atoms with Crippen molar-refractivity contribution in [3.8, 4) is 5.75 Å². The predicted octanol–water partition coefficient (Wildman–Crippen LogP) is 3.76. The Morgan fingerprint density at radius 2 is 1.85 bits per heavy atom. The zero-order chi connectivity index (χ0) is 19.1. The van der Waals surface area contributed by atoms with Gasteiger partial charge in [-0.05, 0) is 42.5 Å². The molecule has 4 nitrogen and oxygen atoms in total. The molecule has 0 spiro atoms. The molecule has 2 fully saturated rings. The summed E-state index contributed by atoms with van der Waals surface area (Å²) in [4.78, 5) is 26.4. The predicted molar refractivity (Wildman–Crippen MR) is 98.2 cm³/mol. The molecule has 1 aromatic rings. The van der Waals surface area contributed by atoms with E-state index in [1.54, 1.807) is 13.2 Å². The van der Waals surface area contributed by atoms with Crippen molar-refractivity contribution in [2.75, 3.05) is 25.1 Å². The summed E-state index contributed by atoms with van der Waals surface area (Å²) in [6.07, 6.45) is -0.291. The fourth-order valence-corrected chi connectivity index (χ4v) is 4.36. The van der Waals surface area contributed by atoms with E-state index in [4.69, 9.17) is 4.74 Å². The summed E-state index contributed by atoms with van der Waals surface area (Å²) in [7, 11) is 1.55. The van der Waals surface area contributed by atoms with Gasteiger partial charge in [0, 0.05) is 43.5 Å². The van der Waals surface area contributed by atoms with Crippen molar-refractivity contribution in [3.63, 3.8) is 0 Å². The number of halogens is 2. The number of ether oxygens (including phenoxy) is 1. The minimum Gasteiger partial charge on any atom is -0.495 e. The van der Waals surface area contributed by atoms with Crippen LogP contribution in [0.4, 0.5) is 14.5 Å². The lowest BCUT2D eigenvalue weighted by atomic mass is 9.87. The number of fused-ring (bicyclic) bond motifs is 1. The van der Waals surface area contributed by atoms with Crippen LogP contribution in [0.2, 0.25) is 0 Å². The van der Waals surface area contributed by atoms with Gasteiger partial charge in [0.15, 0.2) is 5.78 Å². The van der Waals surface area contributed by atoms with Crippen LogP contribution in [0.3, 0.4) is 0 Å². The van der Waals surface area contributed by atoms with Gasteiger partial charge < -0.3 is 9.64 Å². The van der Waals surface area contributed by atoms with Crippen LogP contribution in [0, 0.1) is 0 Å². The Hall–Kier alpha value is -2.24. The number of carbonyl (C=O) groups is 2. The lowest BCUT2D eigenvalue weighted by molar-refractivity contribution is -0.120. The van der Waals surface area contributed by atoms with Crippen molar-refractivity contribution in [2.24, 2.45) is 0 Å². The number of ketones is 2. The first-order valence-corrected chi connectivity index (χ1v) is 9.50. The van der Waals surface area contributed by atoms with E-state index < -0.39 is 12.3 Å². The maximum absolute atomic E-state index is 14.4. The molecule has 3 aliphatic rings. The molecule has 0 radical (unpaired) electrons. The molecule has 6 heteroatoms. The molecule has 4 rings (SSSR count). The third-order valence-corrected chi connectivity index (χ3v) is 5.90. The molecule has 1 aliphatic heterocycles. The van der Waals surface area contributed by atoms with Crippen LogP contribution in [0.15, 0.2) is 23.3 Å². The Kier molecular flexibility index (Phi) is 4.74. The number of carbonyl (C=O) groups excluding carboxylic acids is 2. The van der Waals surface area contributed by atoms with E-state index in [-0.39, 0.29) is 18.0 Å². The molecule has 2 aliphatic carbocycles. The highest BCUT2D eigenvalue weighted by atomic mass is 19.1. The molecule has 144 valence electrons. The van der Waals surface area contributed by atoms with Crippen molar-refractivity contribution < 1.29 is 23.1 Å². The summed E-state index contributed by atoms with van der Waals surface area (Å²) in [5, 5.41) is 0. The van der Waals surface area contributed by atoms with Gasteiger partial charge in [0.25, 0.3) is 0 Å². The molecule has 0 N–H and O–H groups in total. The van der Waals surface area contributed by atoms with Gasteiger partial charge in [0.05, 0.1) is 12.8 Å². The number of rotatable bonds is 2. The number of allylic oxidation sites excluding steroid dienone is 2. The van der Waals surface area contributed by atoms with Crippen molar-refractivity contribution in [2.45, 2.75) is 50.9 Å². The quantitative estimate of drug-likeness (QED) is 0.739. The average molecular weight is 375 g/mol. The van der Waals surface area contributed by atoms with Gasteiger partial charge >= 0.3 is 0 Å². The van der Waals surface area contributed by atoms with E-state index in [9.17, 15) is 18.4 Å². The number of nitrogens with zero attached hydrogens (tertiary/aromatic N) is 1. The van der Waals surface area contributed by atoms with Gasteiger partial charge in [0.2, 0.25) is 0 Å². The standard InChI is InChI=1S/C21H23F2NO3/c1-27-20-11-16-12(9-19(20)24-6-4-13(22)5-7-24)8-17(21(16)26)15-3-2-14(25)10-18(15)23/h9,11,13,18H,2-8,10H2,1H3/b17-15+. The van der Waals surface area contributed by atoms with Crippen LogP contribution in [0.1, 0.15) is 48.0 Å². The minimum absolute atomic E-state index is 0.0879. The Balaban J connectivity index is 1.68. The summed E-state index contributed by atoms with van der Waals surface area (Å²) >= 11 is 0. The molecule has 1 unspecified atom stereocenters. The van der Waals surface area contributed by atoms with Crippen LogP contribution in [0.5, 0.6) is 5.75 Å². The van der Waals surface area contributed by atoms with Gasteiger partial charge in [-0.25, -0.2) is 8.78 Å². The summed E-state index contributed by atoms with van der Waals surface area (Å²) in [6.45, 7) is 1.21. The van der Waals surface area contributed by atoms with Gasteiger partial charge in [-0.2, -0.15) is 0 Å². The molecule has 27 heavy (non-hydrogen) atoms. The lowest BCUT2D eigenvalue weighted by Gasteiger charge is -2.32. The number of anilines is 1. The highest BCUT2D eigenvalue weighted by Gasteiger charge is 2.35. The molecule has 0 aromatic heterocycles. The monoisotopic (exact) mass is 375 g/mol. The molecule has 1 atom stereocenters. The second-order valence-corrected chi connectivity index (χ2v) is 7.56. The third kappa shape index (κ3) is 3.26. The van der Waals surface area contributed by atoms with Crippen LogP contribution in [-0.2, 0) is 11.2 Å². The van der Waals surface area contributed by atoms with Crippen LogP contribution in [0.25, 0.3) is 0 Å². The van der Waals surface area contributed by atoms with E-state index in [0.717, 1.165) is 11.3 Å². The fourth-order valence-electron chi connectivity index (χ4n) is 4.36. The van der Waals surface area contributed by atoms with E-state index in [1.165, 1.54) is 0 Å². The Labute approximate surface area is 157 Å². The average Bonchev–Trinajstić information content (AvgIpc) is 2.97.